The van der Waals surface area contributed by atoms with Crippen LogP contribution in [0.2, 0.25) is 0 Å². The molecular formula is C48H40N6. The molecule has 262 valence electrons. The standard InChI is InChI=1S/C48H40N6/c1-53-46(35-16-7-3-8-17-35)51-45(34-14-5-2-6-15-34)52-47(53)37-25-23-32(24-26-37)33-27-29-38(30-28-33)54-44-41-22-13-31-49-42(41)39-20-11-12-21-40(39)43(44)50-48(54)36-18-9-4-10-19-36/h2-30,45-47,49,51-52H,31H2,1H3. The van der Waals surface area contributed by atoms with E-state index >= 15 is 0 Å². The highest BCUT2D eigenvalue weighted by Crippen LogP contribution is 2.42. The third-order valence-corrected chi connectivity index (χ3v) is 11.0. The molecule has 1 aromatic heterocycles. The van der Waals surface area contributed by atoms with Gasteiger partial charge in [-0.25, -0.2) is 4.98 Å². The molecule has 3 heterocycles. The van der Waals surface area contributed by atoms with Crippen molar-refractivity contribution >= 4 is 33.6 Å². The van der Waals surface area contributed by atoms with Gasteiger partial charge >= 0.3 is 0 Å². The molecule has 54 heavy (non-hydrogen) atoms. The van der Waals surface area contributed by atoms with Crippen molar-refractivity contribution < 1.29 is 0 Å². The van der Waals surface area contributed by atoms with E-state index in [-0.39, 0.29) is 18.5 Å². The van der Waals surface area contributed by atoms with E-state index in [0.717, 1.165) is 45.7 Å². The molecule has 0 spiro atoms. The molecule has 3 N–H and O–H groups in total. The molecule has 10 rings (SSSR count). The van der Waals surface area contributed by atoms with Crippen LogP contribution < -0.4 is 16.0 Å². The molecule has 8 aromatic rings. The largest absolute Gasteiger partial charge is 0.381 e. The van der Waals surface area contributed by atoms with Gasteiger partial charge < -0.3 is 5.32 Å². The van der Waals surface area contributed by atoms with Crippen molar-refractivity contribution in [3.63, 3.8) is 0 Å². The quantitative estimate of drug-likeness (QED) is 0.161. The molecular weight excluding hydrogens is 661 g/mol. The van der Waals surface area contributed by atoms with Gasteiger partial charge in [0.05, 0.1) is 35.2 Å². The summed E-state index contributed by atoms with van der Waals surface area (Å²) in [6.07, 6.45) is 4.50. The molecule has 0 bridgehead atoms. The van der Waals surface area contributed by atoms with Crippen molar-refractivity contribution in [1.29, 1.82) is 0 Å². The topological polar surface area (TPSA) is 57.1 Å². The van der Waals surface area contributed by atoms with E-state index in [1.165, 1.54) is 38.8 Å². The summed E-state index contributed by atoms with van der Waals surface area (Å²) < 4.78 is 2.34. The molecule has 3 unspecified atom stereocenters. The van der Waals surface area contributed by atoms with Crippen LogP contribution in [0.1, 0.15) is 40.8 Å². The monoisotopic (exact) mass is 700 g/mol. The smallest absolute Gasteiger partial charge is 0.145 e. The van der Waals surface area contributed by atoms with E-state index in [1.807, 2.05) is 0 Å². The zero-order valence-electron chi connectivity index (χ0n) is 30.0. The highest BCUT2D eigenvalue weighted by Gasteiger charge is 2.34. The van der Waals surface area contributed by atoms with Crippen LogP contribution in [0, 0.1) is 0 Å². The normalized spacial score (nSPS) is 18.4. The molecule has 3 atom stereocenters. The number of nitrogens with one attached hydrogen (secondary N) is 3. The van der Waals surface area contributed by atoms with Crippen LogP contribution in [0.4, 0.5) is 5.69 Å². The van der Waals surface area contributed by atoms with Crippen LogP contribution in [-0.4, -0.2) is 28.0 Å². The second-order valence-electron chi connectivity index (χ2n) is 14.2. The first-order chi connectivity index (χ1) is 26.7. The average molecular weight is 701 g/mol. The van der Waals surface area contributed by atoms with E-state index in [2.05, 4.69) is 208 Å². The molecule has 0 amide bonds. The molecule has 0 radical (unpaired) electrons. The predicted molar refractivity (Wildman–Crippen MR) is 222 cm³/mol. The number of anilines is 1. The summed E-state index contributed by atoms with van der Waals surface area (Å²) in [6, 6.07) is 58.4. The Hall–Kier alpha value is -6.31. The van der Waals surface area contributed by atoms with Gasteiger partial charge in [0.1, 0.15) is 5.82 Å². The average Bonchev–Trinajstić information content (AvgIpc) is 3.66. The minimum atomic E-state index is -0.000250. The number of rotatable bonds is 6. The van der Waals surface area contributed by atoms with Gasteiger partial charge in [-0.05, 0) is 47.0 Å². The maximum Gasteiger partial charge on any atom is 0.145 e. The lowest BCUT2D eigenvalue weighted by Gasteiger charge is -2.45. The molecule has 6 nitrogen and oxygen atoms in total. The fraction of sp³-hybridized carbons (Fsp3) is 0.104. The zero-order valence-corrected chi connectivity index (χ0v) is 30.0. The molecule has 6 heteroatoms. The summed E-state index contributed by atoms with van der Waals surface area (Å²) >= 11 is 0. The van der Waals surface area contributed by atoms with Crippen molar-refractivity contribution in [2.45, 2.75) is 18.5 Å². The van der Waals surface area contributed by atoms with E-state index in [0.29, 0.717) is 0 Å². The molecule has 2 aliphatic rings. The van der Waals surface area contributed by atoms with Gasteiger partial charge in [-0.2, -0.15) is 0 Å². The minimum Gasteiger partial charge on any atom is -0.381 e. The third-order valence-electron chi connectivity index (χ3n) is 11.0. The number of fused-ring (bicyclic) bond motifs is 6. The van der Waals surface area contributed by atoms with Gasteiger partial charge in [-0.1, -0.05) is 164 Å². The summed E-state index contributed by atoms with van der Waals surface area (Å²) in [5, 5.41) is 13.7. The van der Waals surface area contributed by atoms with Gasteiger partial charge in [0.25, 0.3) is 0 Å². The molecule has 1 saturated heterocycles. The molecule has 1 fully saturated rings. The second-order valence-corrected chi connectivity index (χ2v) is 14.2. The number of imidazole rings is 1. The van der Waals surface area contributed by atoms with E-state index < -0.39 is 0 Å². The van der Waals surface area contributed by atoms with Crippen LogP contribution in [0.3, 0.4) is 0 Å². The Labute approximate surface area is 315 Å². The van der Waals surface area contributed by atoms with Gasteiger partial charge in [0.2, 0.25) is 0 Å². The lowest BCUT2D eigenvalue weighted by atomic mass is 9.98. The summed E-state index contributed by atoms with van der Waals surface area (Å²) in [4.78, 5) is 7.75. The molecule has 0 aliphatic carbocycles. The van der Waals surface area contributed by atoms with Crippen LogP contribution in [0.5, 0.6) is 0 Å². The Kier molecular flexibility index (Phi) is 8.14. The zero-order chi connectivity index (χ0) is 36.0. The van der Waals surface area contributed by atoms with Crippen molar-refractivity contribution in [3.8, 4) is 28.2 Å². The van der Waals surface area contributed by atoms with Crippen LogP contribution in [-0.2, 0) is 0 Å². The summed E-state index contributed by atoms with van der Waals surface area (Å²) in [7, 11) is 2.19. The first kappa shape index (κ1) is 32.3. The van der Waals surface area contributed by atoms with Crippen molar-refractivity contribution in [2.75, 3.05) is 18.9 Å². The Morgan fingerprint density at radius 3 is 1.78 bits per heavy atom. The Morgan fingerprint density at radius 2 is 1.11 bits per heavy atom. The number of hydrogen-bond acceptors (Lipinski definition) is 5. The van der Waals surface area contributed by atoms with Crippen LogP contribution >= 0.6 is 0 Å². The van der Waals surface area contributed by atoms with Gasteiger partial charge in [-0.15, -0.1) is 0 Å². The Morgan fingerprint density at radius 1 is 0.556 bits per heavy atom. The lowest BCUT2D eigenvalue weighted by Crippen LogP contribution is -2.54. The number of aromatic nitrogens is 2. The van der Waals surface area contributed by atoms with Gasteiger partial charge in [0, 0.05) is 34.1 Å². The second kappa shape index (κ2) is 13.6. The maximum absolute atomic E-state index is 5.37. The van der Waals surface area contributed by atoms with E-state index in [1.54, 1.807) is 0 Å². The molecule has 0 saturated carbocycles. The summed E-state index contributed by atoms with van der Waals surface area (Å²) in [5.41, 5.74) is 12.6. The number of nitrogens with zero attached hydrogens (tertiary/aromatic N) is 3. The lowest BCUT2D eigenvalue weighted by molar-refractivity contribution is 0.0416. The van der Waals surface area contributed by atoms with Crippen molar-refractivity contribution in [2.24, 2.45) is 0 Å². The van der Waals surface area contributed by atoms with E-state index in [9.17, 15) is 0 Å². The first-order valence-corrected chi connectivity index (χ1v) is 18.7. The minimum absolute atomic E-state index is 0.000250. The first-order valence-electron chi connectivity index (χ1n) is 18.7. The predicted octanol–water partition coefficient (Wildman–Crippen LogP) is 10.5. The number of hydrogen-bond donors (Lipinski definition) is 3. The summed E-state index contributed by atoms with van der Waals surface area (Å²) in [6.45, 7) is 0.806. The Bertz CT molecular complexity index is 2610. The van der Waals surface area contributed by atoms with Crippen LogP contribution in [0.15, 0.2) is 170 Å². The fourth-order valence-electron chi connectivity index (χ4n) is 8.30. The SMILES string of the molecule is CN1C(c2ccccc2)NC(c2ccccc2)NC1c1ccc(-c2ccc(-n3c(-c4ccccc4)nc4c5ccccc5c5c(c43)C=CCN5)cc2)cc1. The highest BCUT2D eigenvalue weighted by molar-refractivity contribution is 6.16. The van der Waals surface area contributed by atoms with Crippen LogP contribution in [0.25, 0.3) is 56.1 Å². The fourth-order valence-corrected chi connectivity index (χ4v) is 8.30. The molecule has 2 aliphatic heterocycles. The molecule has 7 aromatic carbocycles. The van der Waals surface area contributed by atoms with Gasteiger partial charge in [-0.3, -0.25) is 20.1 Å². The highest BCUT2D eigenvalue weighted by atomic mass is 15.4. The van der Waals surface area contributed by atoms with Crippen molar-refractivity contribution in [1.82, 2.24) is 25.1 Å². The summed E-state index contributed by atoms with van der Waals surface area (Å²) in [5.74, 6) is 0.932. The number of benzene rings is 7. The maximum atomic E-state index is 5.37. The third kappa shape index (κ3) is 5.60. The van der Waals surface area contributed by atoms with E-state index in [4.69, 9.17) is 4.98 Å². The van der Waals surface area contributed by atoms with Crippen molar-refractivity contribution in [3.05, 3.63) is 192 Å². The van der Waals surface area contributed by atoms with Gasteiger partial charge in [0.15, 0.2) is 0 Å². The Balaban J connectivity index is 1.02.